The number of ether oxygens (including phenoxy) is 1. The van der Waals surface area contributed by atoms with Crippen molar-refractivity contribution in [2.45, 2.75) is 62.3 Å². The molecule has 12 heteroatoms. The minimum atomic E-state index is -0.944. The number of anilines is 1. The van der Waals surface area contributed by atoms with Gasteiger partial charge in [-0.2, -0.15) is 15.2 Å². The molecule has 9 nitrogen and oxygen atoms in total. The smallest absolute Gasteiger partial charge is 0.319 e. The zero-order chi connectivity index (χ0) is 32.4. The number of amides is 1. The van der Waals surface area contributed by atoms with Gasteiger partial charge >= 0.3 is 6.01 Å². The van der Waals surface area contributed by atoms with Crippen molar-refractivity contribution in [2.24, 2.45) is 0 Å². The maximum absolute atomic E-state index is 16.8. The van der Waals surface area contributed by atoms with Crippen molar-refractivity contribution in [3.8, 4) is 29.0 Å². The number of nitriles is 1. The quantitative estimate of drug-likeness (QED) is 0.295. The standard InChI is InChI=1S/C35H33F3N6O3/c36-21-15-35(10-2-12-43(35)16-21)19-47-34-40-32-26(33(41-34)42-17-22-5-6-23(18-42)44(22)29(46)9-11-39)8-7-25(31(32)38)27-14-24(45)13-20-3-1-4-28(37)30(20)27/h1,3-4,7-8,13-14,21-23,45H,2,5-6,9-10,12,15-19H2/t21-,22?,23?,35+/m1/s1. The first kappa shape index (κ1) is 29.8. The summed E-state index contributed by atoms with van der Waals surface area (Å²) in [5.41, 5.74) is -0.255. The van der Waals surface area contributed by atoms with Gasteiger partial charge in [0.2, 0.25) is 5.91 Å². The molecule has 1 amide bonds. The molecule has 8 rings (SSSR count). The van der Waals surface area contributed by atoms with Crippen LogP contribution < -0.4 is 9.64 Å². The van der Waals surface area contributed by atoms with Crippen LogP contribution >= 0.6 is 0 Å². The highest BCUT2D eigenvalue weighted by atomic mass is 19.1. The molecule has 4 atom stereocenters. The van der Waals surface area contributed by atoms with E-state index in [-0.39, 0.29) is 64.8 Å². The summed E-state index contributed by atoms with van der Waals surface area (Å²) in [4.78, 5) is 28.1. The Bertz CT molecular complexity index is 1960. The average Bonchev–Trinajstić information content (AvgIpc) is 3.66. The lowest BCUT2D eigenvalue weighted by Crippen LogP contribution is -2.56. The molecular weight excluding hydrogens is 609 g/mol. The molecule has 1 aromatic heterocycles. The van der Waals surface area contributed by atoms with E-state index in [1.165, 1.54) is 24.3 Å². The molecule has 0 radical (unpaired) electrons. The predicted molar refractivity (Wildman–Crippen MR) is 169 cm³/mol. The number of phenols is 1. The van der Waals surface area contributed by atoms with Crippen molar-refractivity contribution in [2.75, 3.05) is 37.7 Å². The first-order valence-electron chi connectivity index (χ1n) is 16.1. The monoisotopic (exact) mass is 642 g/mol. The Hall–Kier alpha value is -4.63. The molecular formula is C35H33F3N6O3. The Labute approximate surface area is 269 Å². The number of phenolic OH excluding ortho intramolecular Hbond substituents is 1. The number of aromatic hydroxyl groups is 1. The van der Waals surface area contributed by atoms with Gasteiger partial charge in [0, 0.05) is 54.5 Å². The maximum Gasteiger partial charge on any atom is 0.319 e. The molecule has 4 saturated heterocycles. The third-order valence-electron chi connectivity index (χ3n) is 10.5. The second-order valence-electron chi connectivity index (χ2n) is 13.3. The first-order valence-corrected chi connectivity index (χ1v) is 16.1. The highest BCUT2D eigenvalue weighted by molar-refractivity contribution is 6.01. The minimum absolute atomic E-state index is 0.0266. The highest BCUT2D eigenvalue weighted by Gasteiger charge is 2.49. The second kappa shape index (κ2) is 11.3. The highest BCUT2D eigenvalue weighted by Crippen LogP contribution is 2.43. The van der Waals surface area contributed by atoms with E-state index in [1.54, 1.807) is 18.2 Å². The molecule has 1 N–H and O–H groups in total. The molecule has 47 heavy (non-hydrogen) atoms. The molecule has 3 aromatic carbocycles. The Morgan fingerprint density at radius 2 is 1.89 bits per heavy atom. The molecule has 4 aliphatic rings. The van der Waals surface area contributed by atoms with Gasteiger partial charge in [-0.15, -0.1) is 0 Å². The number of alkyl halides is 1. The summed E-state index contributed by atoms with van der Waals surface area (Å²) in [5, 5.41) is 20.6. The third kappa shape index (κ3) is 4.90. The van der Waals surface area contributed by atoms with Crippen molar-refractivity contribution in [1.29, 1.82) is 5.26 Å². The lowest BCUT2D eigenvalue weighted by molar-refractivity contribution is -0.133. The molecule has 2 unspecified atom stereocenters. The first-order chi connectivity index (χ1) is 22.7. The van der Waals surface area contributed by atoms with E-state index in [1.807, 2.05) is 15.9 Å². The summed E-state index contributed by atoms with van der Waals surface area (Å²) >= 11 is 0. The van der Waals surface area contributed by atoms with Gasteiger partial charge in [-0.3, -0.25) is 9.69 Å². The van der Waals surface area contributed by atoms with Crippen LogP contribution in [0.15, 0.2) is 42.5 Å². The number of fused-ring (bicyclic) bond motifs is 5. The van der Waals surface area contributed by atoms with Gasteiger partial charge in [0.1, 0.15) is 42.1 Å². The van der Waals surface area contributed by atoms with Gasteiger partial charge in [0.15, 0.2) is 5.82 Å². The van der Waals surface area contributed by atoms with Crippen LogP contribution in [-0.4, -0.2) is 87.4 Å². The summed E-state index contributed by atoms with van der Waals surface area (Å²) in [6.45, 7) is 2.18. The summed E-state index contributed by atoms with van der Waals surface area (Å²) in [5.74, 6) is -1.15. The summed E-state index contributed by atoms with van der Waals surface area (Å²) < 4.78 is 52.7. The summed E-state index contributed by atoms with van der Waals surface area (Å²) in [6.07, 6.45) is 2.50. The van der Waals surface area contributed by atoms with Gasteiger partial charge in [-0.1, -0.05) is 18.2 Å². The van der Waals surface area contributed by atoms with E-state index >= 15 is 8.78 Å². The van der Waals surface area contributed by atoms with Crippen LogP contribution in [-0.2, 0) is 4.79 Å². The van der Waals surface area contributed by atoms with E-state index in [0.29, 0.717) is 42.6 Å². The number of carbonyl (C=O) groups is 1. The Balaban J connectivity index is 1.23. The van der Waals surface area contributed by atoms with E-state index in [2.05, 4.69) is 9.88 Å². The number of hydrogen-bond donors (Lipinski definition) is 1. The number of hydrogen-bond acceptors (Lipinski definition) is 8. The molecule has 0 saturated carbocycles. The number of halogens is 3. The van der Waals surface area contributed by atoms with E-state index in [9.17, 15) is 14.3 Å². The van der Waals surface area contributed by atoms with Gasteiger partial charge in [-0.25, -0.2) is 13.2 Å². The van der Waals surface area contributed by atoms with Crippen molar-refractivity contribution < 1.29 is 27.8 Å². The van der Waals surface area contributed by atoms with E-state index in [0.717, 1.165) is 32.2 Å². The molecule has 2 bridgehead atoms. The van der Waals surface area contributed by atoms with E-state index in [4.69, 9.17) is 15.0 Å². The van der Waals surface area contributed by atoms with Crippen LogP contribution in [0.25, 0.3) is 32.8 Å². The van der Waals surface area contributed by atoms with Gasteiger partial charge in [0.05, 0.1) is 11.6 Å². The van der Waals surface area contributed by atoms with Crippen molar-refractivity contribution in [1.82, 2.24) is 19.8 Å². The summed E-state index contributed by atoms with van der Waals surface area (Å²) in [6, 6.07) is 12.1. The lowest BCUT2D eigenvalue weighted by atomic mass is 9.95. The number of piperazine rings is 1. The van der Waals surface area contributed by atoms with Crippen LogP contribution in [0.2, 0.25) is 0 Å². The van der Waals surface area contributed by atoms with Crippen LogP contribution in [0.4, 0.5) is 19.0 Å². The average molecular weight is 643 g/mol. The fourth-order valence-corrected chi connectivity index (χ4v) is 8.51. The van der Waals surface area contributed by atoms with Gasteiger partial charge < -0.3 is 19.6 Å². The fraction of sp³-hybridized carbons (Fsp3) is 0.429. The molecule has 242 valence electrons. The van der Waals surface area contributed by atoms with Gasteiger partial charge in [0.25, 0.3) is 0 Å². The van der Waals surface area contributed by atoms with Crippen LogP contribution in [0, 0.1) is 23.0 Å². The van der Waals surface area contributed by atoms with Crippen molar-refractivity contribution in [3.63, 3.8) is 0 Å². The Kier molecular flexibility index (Phi) is 7.13. The van der Waals surface area contributed by atoms with Crippen LogP contribution in [0.3, 0.4) is 0 Å². The second-order valence-corrected chi connectivity index (χ2v) is 13.3. The molecule has 5 heterocycles. The van der Waals surface area contributed by atoms with Crippen LogP contribution in [0.5, 0.6) is 11.8 Å². The number of carbonyl (C=O) groups excluding carboxylic acids is 1. The third-order valence-corrected chi connectivity index (χ3v) is 10.5. The normalized spacial score (nSPS) is 25.4. The number of nitrogens with zero attached hydrogens (tertiary/aromatic N) is 6. The zero-order valence-corrected chi connectivity index (χ0v) is 25.6. The molecule has 4 fully saturated rings. The van der Waals surface area contributed by atoms with Crippen LogP contribution in [0.1, 0.15) is 38.5 Å². The Morgan fingerprint density at radius 1 is 1.09 bits per heavy atom. The zero-order valence-electron chi connectivity index (χ0n) is 25.6. The number of aromatic nitrogens is 2. The fourth-order valence-electron chi connectivity index (χ4n) is 8.51. The topological polar surface area (TPSA) is 106 Å². The largest absolute Gasteiger partial charge is 0.508 e. The Morgan fingerprint density at radius 3 is 2.68 bits per heavy atom. The molecule has 4 aliphatic heterocycles. The number of benzene rings is 3. The van der Waals surface area contributed by atoms with Crippen molar-refractivity contribution in [3.05, 3.63) is 54.1 Å². The maximum atomic E-state index is 16.8. The van der Waals surface area contributed by atoms with Crippen molar-refractivity contribution >= 4 is 33.4 Å². The molecule has 0 spiro atoms. The van der Waals surface area contributed by atoms with Gasteiger partial charge in [-0.05, 0) is 67.4 Å². The molecule has 4 aromatic rings. The molecule has 0 aliphatic carbocycles. The lowest BCUT2D eigenvalue weighted by Gasteiger charge is -2.41. The number of rotatable bonds is 6. The predicted octanol–water partition coefficient (Wildman–Crippen LogP) is 5.48. The van der Waals surface area contributed by atoms with E-state index < -0.39 is 23.3 Å². The summed E-state index contributed by atoms with van der Waals surface area (Å²) in [7, 11) is 0. The SMILES string of the molecule is N#CCC(=O)N1C2CCC1CN(c1nc(OC[C@@]34CCCN3C[C@H](F)C4)nc3c(F)c(-c4cc(O)cc5cccc(F)c45)ccc13)C2. The minimum Gasteiger partial charge on any atom is -0.508 e.